The maximum absolute atomic E-state index is 13.3. The number of hydrogen-bond acceptors (Lipinski definition) is 3. The minimum Gasteiger partial charge on any atom is -0.373 e. The van der Waals surface area contributed by atoms with Crippen LogP contribution in [0.25, 0.3) is 0 Å². The van der Waals surface area contributed by atoms with Crippen LogP contribution in [0.15, 0.2) is 42.5 Å². The van der Waals surface area contributed by atoms with Gasteiger partial charge in [-0.3, -0.25) is 9.59 Å². The Morgan fingerprint density at radius 1 is 1.13 bits per heavy atom. The van der Waals surface area contributed by atoms with Crippen molar-refractivity contribution in [2.24, 2.45) is 0 Å². The van der Waals surface area contributed by atoms with Gasteiger partial charge in [0.15, 0.2) is 0 Å². The molecule has 5 heteroatoms. The van der Waals surface area contributed by atoms with Crippen LogP contribution in [-0.4, -0.2) is 17.9 Å². The number of hydrogen-bond donors (Lipinski definition) is 1. The third-order valence-corrected chi connectivity index (χ3v) is 4.13. The maximum atomic E-state index is 13.3. The third kappa shape index (κ3) is 2.82. The number of carbonyl (C=O) groups is 2. The molecule has 118 valence electrons. The van der Waals surface area contributed by atoms with Crippen molar-refractivity contribution >= 4 is 23.2 Å². The molecule has 4 nitrogen and oxygen atoms in total. The SMILES string of the molecule is Cc1cccc(N2C(=O)CC(Nc3cccc(F)c3)C2=O)c1C. The summed E-state index contributed by atoms with van der Waals surface area (Å²) < 4.78 is 13.3. The Morgan fingerprint density at radius 3 is 2.61 bits per heavy atom. The molecule has 2 aromatic carbocycles. The number of amides is 2. The van der Waals surface area contributed by atoms with Crippen molar-refractivity contribution in [3.63, 3.8) is 0 Å². The molecule has 1 fully saturated rings. The summed E-state index contributed by atoms with van der Waals surface area (Å²) in [5.74, 6) is -0.955. The lowest BCUT2D eigenvalue weighted by molar-refractivity contribution is -0.121. The van der Waals surface area contributed by atoms with Gasteiger partial charge < -0.3 is 5.32 Å². The summed E-state index contributed by atoms with van der Waals surface area (Å²) in [6, 6.07) is 10.7. The normalized spacial score (nSPS) is 17.7. The number of nitrogens with zero attached hydrogens (tertiary/aromatic N) is 1. The molecule has 1 atom stereocenters. The Bertz CT molecular complexity index is 788. The van der Waals surface area contributed by atoms with Gasteiger partial charge >= 0.3 is 0 Å². The van der Waals surface area contributed by atoms with Gasteiger partial charge in [-0.2, -0.15) is 0 Å². The Morgan fingerprint density at radius 2 is 1.87 bits per heavy atom. The van der Waals surface area contributed by atoms with Gasteiger partial charge in [0.2, 0.25) is 5.91 Å². The van der Waals surface area contributed by atoms with Crippen LogP contribution in [0, 0.1) is 19.7 Å². The lowest BCUT2D eigenvalue weighted by atomic mass is 10.1. The molecular weight excluding hydrogens is 295 g/mol. The van der Waals surface area contributed by atoms with E-state index < -0.39 is 11.9 Å². The number of carbonyl (C=O) groups excluding carboxylic acids is 2. The average molecular weight is 312 g/mol. The molecule has 1 aliphatic heterocycles. The number of nitrogens with one attached hydrogen (secondary N) is 1. The minimum absolute atomic E-state index is 0.0583. The molecule has 0 radical (unpaired) electrons. The zero-order valence-corrected chi connectivity index (χ0v) is 13.0. The minimum atomic E-state index is -0.677. The van der Waals surface area contributed by atoms with Crippen LogP contribution < -0.4 is 10.2 Å². The van der Waals surface area contributed by atoms with E-state index in [2.05, 4.69) is 5.32 Å². The van der Waals surface area contributed by atoms with Crippen molar-refractivity contribution in [2.75, 3.05) is 10.2 Å². The van der Waals surface area contributed by atoms with E-state index in [0.717, 1.165) is 11.1 Å². The first-order valence-electron chi connectivity index (χ1n) is 7.42. The van der Waals surface area contributed by atoms with Crippen LogP contribution in [0.1, 0.15) is 17.5 Å². The standard InChI is InChI=1S/C18H17FN2O2/c1-11-5-3-8-16(12(11)2)21-17(22)10-15(18(21)23)20-14-7-4-6-13(19)9-14/h3-9,15,20H,10H2,1-2H3. The van der Waals surface area contributed by atoms with Gasteiger partial charge in [0.1, 0.15) is 11.9 Å². The van der Waals surface area contributed by atoms with Crippen molar-refractivity contribution in [1.29, 1.82) is 0 Å². The van der Waals surface area contributed by atoms with E-state index in [1.165, 1.54) is 17.0 Å². The van der Waals surface area contributed by atoms with Gasteiger partial charge in [0.25, 0.3) is 5.91 Å². The fourth-order valence-electron chi connectivity index (χ4n) is 2.76. The van der Waals surface area contributed by atoms with E-state index >= 15 is 0 Å². The molecule has 1 heterocycles. The number of halogens is 1. The summed E-state index contributed by atoms with van der Waals surface area (Å²) in [4.78, 5) is 26.1. The lowest BCUT2D eigenvalue weighted by Crippen LogP contribution is -2.35. The van der Waals surface area contributed by atoms with Crippen LogP contribution in [0.2, 0.25) is 0 Å². The second-order valence-electron chi connectivity index (χ2n) is 5.70. The third-order valence-electron chi connectivity index (χ3n) is 4.13. The Kier molecular flexibility index (Phi) is 3.86. The van der Waals surface area contributed by atoms with E-state index in [9.17, 15) is 14.0 Å². The summed E-state index contributed by atoms with van der Waals surface area (Å²) >= 11 is 0. The molecule has 1 N–H and O–H groups in total. The van der Waals surface area contributed by atoms with Crippen molar-refractivity contribution in [3.8, 4) is 0 Å². The number of imide groups is 1. The molecule has 3 rings (SSSR count). The predicted octanol–water partition coefficient (Wildman–Crippen LogP) is 3.19. The zero-order chi connectivity index (χ0) is 16.6. The van der Waals surface area contributed by atoms with Crippen molar-refractivity contribution in [2.45, 2.75) is 26.3 Å². The molecule has 1 saturated heterocycles. The molecular formula is C18H17FN2O2. The Labute approximate surface area is 133 Å². The molecule has 1 unspecified atom stereocenters. The monoisotopic (exact) mass is 312 g/mol. The van der Waals surface area contributed by atoms with E-state index in [0.29, 0.717) is 11.4 Å². The lowest BCUT2D eigenvalue weighted by Gasteiger charge is -2.19. The molecule has 0 aliphatic carbocycles. The van der Waals surface area contributed by atoms with E-state index in [1.54, 1.807) is 18.2 Å². The first-order valence-corrected chi connectivity index (χ1v) is 7.42. The average Bonchev–Trinajstić information content (AvgIpc) is 2.77. The molecule has 2 aromatic rings. The van der Waals surface area contributed by atoms with Crippen molar-refractivity contribution in [3.05, 3.63) is 59.4 Å². The van der Waals surface area contributed by atoms with Crippen LogP contribution >= 0.6 is 0 Å². The highest BCUT2D eigenvalue weighted by Crippen LogP contribution is 2.29. The zero-order valence-electron chi connectivity index (χ0n) is 13.0. The molecule has 0 aromatic heterocycles. The fraction of sp³-hybridized carbons (Fsp3) is 0.222. The molecule has 23 heavy (non-hydrogen) atoms. The van der Waals surface area contributed by atoms with Crippen LogP contribution in [0.4, 0.5) is 15.8 Å². The van der Waals surface area contributed by atoms with Gasteiger partial charge in [-0.05, 0) is 49.2 Å². The summed E-state index contributed by atoms with van der Waals surface area (Å²) in [6.45, 7) is 3.82. The quantitative estimate of drug-likeness (QED) is 0.886. The van der Waals surface area contributed by atoms with Crippen molar-refractivity contribution < 1.29 is 14.0 Å². The van der Waals surface area contributed by atoms with Gasteiger partial charge in [0, 0.05) is 5.69 Å². The maximum Gasteiger partial charge on any atom is 0.256 e. The van der Waals surface area contributed by atoms with E-state index in [4.69, 9.17) is 0 Å². The number of benzene rings is 2. The van der Waals surface area contributed by atoms with Gasteiger partial charge in [-0.1, -0.05) is 18.2 Å². The first-order chi connectivity index (χ1) is 11.0. The molecule has 0 bridgehead atoms. The summed E-state index contributed by atoms with van der Waals surface area (Å²) in [7, 11) is 0. The van der Waals surface area contributed by atoms with E-state index in [-0.39, 0.29) is 18.2 Å². The van der Waals surface area contributed by atoms with Crippen LogP contribution in [0.5, 0.6) is 0 Å². The number of aryl methyl sites for hydroxylation is 1. The highest BCUT2D eigenvalue weighted by molar-refractivity contribution is 6.23. The fourth-order valence-corrected chi connectivity index (χ4v) is 2.76. The second kappa shape index (κ2) is 5.83. The smallest absolute Gasteiger partial charge is 0.256 e. The molecule has 2 amide bonds. The topological polar surface area (TPSA) is 49.4 Å². The summed E-state index contributed by atoms with van der Waals surface area (Å²) in [6.07, 6.45) is 0.0583. The highest BCUT2D eigenvalue weighted by atomic mass is 19.1. The molecule has 0 spiro atoms. The van der Waals surface area contributed by atoms with Crippen LogP contribution in [0.3, 0.4) is 0 Å². The Balaban J connectivity index is 1.87. The highest BCUT2D eigenvalue weighted by Gasteiger charge is 2.40. The van der Waals surface area contributed by atoms with E-state index in [1.807, 2.05) is 26.0 Å². The second-order valence-corrected chi connectivity index (χ2v) is 5.70. The molecule has 1 aliphatic rings. The first kappa shape index (κ1) is 15.2. The van der Waals surface area contributed by atoms with Gasteiger partial charge in [-0.25, -0.2) is 9.29 Å². The van der Waals surface area contributed by atoms with Crippen molar-refractivity contribution in [1.82, 2.24) is 0 Å². The Hall–Kier alpha value is -2.69. The van der Waals surface area contributed by atoms with Gasteiger partial charge in [0.05, 0.1) is 12.1 Å². The van der Waals surface area contributed by atoms with Crippen LogP contribution in [-0.2, 0) is 9.59 Å². The predicted molar refractivity (Wildman–Crippen MR) is 86.8 cm³/mol. The number of rotatable bonds is 3. The molecule has 0 saturated carbocycles. The van der Waals surface area contributed by atoms with Gasteiger partial charge in [-0.15, -0.1) is 0 Å². The summed E-state index contributed by atoms with van der Waals surface area (Å²) in [5.41, 5.74) is 3.02. The summed E-state index contributed by atoms with van der Waals surface area (Å²) in [5, 5.41) is 2.94. The largest absolute Gasteiger partial charge is 0.373 e. The number of anilines is 2.